The van der Waals surface area contributed by atoms with Crippen molar-refractivity contribution in [2.45, 2.75) is 6.42 Å². The Labute approximate surface area is 87.9 Å². The minimum atomic E-state index is -0.826. The minimum absolute atomic E-state index is 0. The standard InChI is InChI=1S/C3H7O.2ClH.2Zr/c1-2-3-4;;;;/h4H,1-3H2;2*1H;;/q-1;;;;+2/p-2. The Bertz CT molecular complexity index is 22.8. The van der Waals surface area contributed by atoms with Crippen molar-refractivity contribution >= 4 is 17.0 Å². The molecule has 0 aromatic carbocycles. The van der Waals surface area contributed by atoms with Crippen molar-refractivity contribution in [2.24, 2.45) is 0 Å². The summed E-state index contributed by atoms with van der Waals surface area (Å²) in [4.78, 5) is 0. The Kier molecular flexibility index (Phi) is 47.7. The van der Waals surface area contributed by atoms with Crippen molar-refractivity contribution in [1.29, 1.82) is 0 Å². The second-order valence-electron chi connectivity index (χ2n) is 0.649. The molecule has 48 valence electrons. The maximum Gasteiger partial charge on any atom is 0 e. The van der Waals surface area contributed by atoms with Gasteiger partial charge in [0.2, 0.25) is 0 Å². The van der Waals surface area contributed by atoms with E-state index in [1.165, 1.54) is 0 Å². The summed E-state index contributed by atoms with van der Waals surface area (Å²) in [6, 6.07) is 0. The molecule has 0 aliphatic carbocycles. The monoisotopic (exact) mass is 309 g/mol. The third kappa shape index (κ3) is 40.6. The first-order valence-corrected chi connectivity index (χ1v) is 8.02. The Morgan fingerprint density at radius 1 is 1.50 bits per heavy atom. The molecule has 0 heterocycles. The third-order valence-corrected chi connectivity index (χ3v) is 0.158. The molecule has 0 fully saturated rings. The summed E-state index contributed by atoms with van der Waals surface area (Å²) < 4.78 is 0. The molecule has 0 aromatic rings. The molecule has 0 rings (SSSR count). The molecular weight excluding hydrogens is 305 g/mol. The van der Waals surface area contributed by atoms with Gasteiger partial charge in [-0.25, -0.2) is 0 Å². The van der Waals surface area contributed by atoms with E-state index in [4.69, 9.17) is 22.1 Å². The van der Waals surface area contributed by atoms with Crippen molar-refractivity contribution in [3.8, 4) is 0 Å². The van der Waals surface area contributed by atoms with Crippen LogP contribution in [-0.4, -0.2) is 11.7 Å². The molecule has 0 spiro atoms. The normalized spacial score (nSPS) is 5.50. The summed E-state index contributed by atoms with van der Waals surface area (Å²) in [6.07, 6.45) is 0.625. The van der Waals surface area contributed by atoms with Crippen LogP contribution in [0.25, 0.3) is 0 Å². The zero-order chi connectivity index (χ0) is 6.12. The van der Waals surface area contributed by atoms with Gasteiger partial charge in [-0.3, -0.25) is 0 Å². The first kappa shape index (κ1) is 16.7. The van der Waals surface area contributed by atoms with Gasteiger partial charge in [0, 0.05) is 32.8 Å². The molecule has 0 saturated heterocycles. The van der Waals surface area contributed by atoms with Crippen LogP contribution in [0, 0.1) is 6.92 Å². The van der Waals surface area contributed by atoms with Crippen LogP contribution in [0.4, 0.5) is 0 Å². The molecular formula is C3H7Cl2OZr2-. The SMILES string of the molecule is [CH2-]CCO.[Cl][Zr][Cl].[Zr]. The molecule has 0 bridgehead atoms. The molecule has 1 N–H and O–H groups in total. The quantitative estimate of drug-likeness (QED) is 0.729. The first-order chi connectivity index (χ1) is 3.33. The van der Waals surface area contributed by atoms with Crippen molar-refractivity contribution in [3.63, 3.8) is 0 Å². The maximum atomic E-state index is 7.81. The van der Waals surface area contributed by atoms with Gasteiger partial charge in [-0.15, -0.1) is 0 Å². The van der Waals surface area contributed by atoms with Crippen LogP contribution in [0.1, 0.15) is 6.42 Å². The predicted molar refractivity (Wildman–Crippen MR) is 28.8 cm³/mol. The van der Waals surface area contributed by atoms with Gasteiger partial charge in [-0.05, 0) is 0 Å². The van der Waals surface area contributed by atoms with E-state index in [2.05, 4.69) is 6.92 Å². The smallest absolute Gasteiger partial charge is 0 e. The number of hydrogen-bond donors (Lipinski definition) is 1. The zero-order valence-corrected chi connectivity index (χ0v) is 10.8. The van der Waals surface area contributed by atoms with E-state index in [-0.39, 0.29) is 32.8 Å². The average molecular weight is 312 g/mol. The van der Waals surface area contributed by atoms with E-state index in [9.17, 15) is 0 Å². The molecule has 1 nitrogen and oxygen atoms in total. The summed E-state index contributed by atoms with van der Waals surface area (Å²) in [5.41, 5.74) is 0. The van der Waals surface area contributed by atoms with E-state index in [0.29, 0.717) is 6.42 Å². The van der Waals surface area contributed by atoms with E-state index in [1.807, 2.05) is 0 Å². The van der Waals surface area contributed by atoms with Crippen LogP contribution in [0.15, 0.2) is 0 Å². The Balaban J connectivity index is -0.0000000575. The van der Waals surface area contributed by atoms with Crippen LogP contribution < -0.4 is 0 Å². The van der Waals surface area contributed by atoms with Gasteiger partial charge < -0.3 is 12.0 Å². The molecule has 0 saturated carbocycles. The van der Waals surface area contributed by atoms with Crippen LogP contribution in [-0.2, 0) is 47.1 Å². The minimum Gasteiger partial charge on any atom is 0 e. The zero-order valence-electron chi connectivity index (χ0n) is 4.32. The molecule has 0 amide bonds. The van der Waals surface area contributed by atoms with Crippen molar-refractivity contribution in [2.75, 3.05) is 6.61 Å². The van der Waals surface area contributed by atoms with Crippen LogP contribution in [0.3, 0.4) is 0 Å². The Morgan fingerprint density at radius 3 is 1.62 bits per heavy atom. The van der Waals surface area contributed by atoms with E-state index >= 15 is 0 Å². The molecule has 0 unspecified atom stereocenters. The van der Waals surface area contributed by atoms with Gasteiger partial charge in [0.05, 0.1) is 0 Å². The maximum absolute atomic E-state index is 7.81. The number of aliphatic hydroxyl groups excluding tert-OH is 1. The average Bonchev–Trinajstić information content (AvgIpc) is 1.69. The Hall–Kier alpha value is 2.31. The van der Waals surface area contributed by atoms with Gasteiger partial charge >= 0.3 is 37.9 Å². The first-order valence-electron chi connectivity index (χ1n) is 1.69. The van der Waals surface area contributed by atoms with Gasteiger partial charge in [-0.1, -0.05) is 0 Å². The van der Waals surface area contributed by atoms with Crippen LogP contribution in [0.5, 0.6) is 0 Å². The third-order valence-electron chi connectivity index (χ3n) is 0.158. The number of hydrogen-bond acceptors (Lipinski definition) is 1. The molecule has 0 aromatic heterocycles. The number of rotatable bonds is 1. The summed E-state index contributed by atoms with van der Waals surface area (Å²) in [5.74, 6) is 0. The van der Waals surface area contributed by atoms with Crippen LogP contribution >= 0.6 is 17.0 Å². The molecule has 0 aliphatic rings. The van der Waals surface area contributed by atoms with Crippen molar-refractivity contribution in [3.05, 3.63) is 6.92 Å². The van der Waals surface area contributed by atoms with Crippen LogP contribution in [0.2, 0.25) is 0 Å². The number of halogens is 2. The second kappa shape index (κ2) is 22.8. The van der Waals surface area contributed by atoms with Crippen molar-refractivity contribution < 1.29 is 52.2 Å². The summed E-state index contributed by atoms with van der Waals surface area (Å²) >= 11 is -0.826. The van der Waals surface area contributed by atoms with Gasteiger partial charge in [-0.2, -0.15) is 6.42 Å². The van der Waals surface area contributed by atoms with Gasteiger partial charge in [0.15, 0.2) is 0 Å². The van der Waals surface area contributed by atoms with Gasteiger partial charge in [0.25, 0.3) is 0 Å². The Morgan fingerprint density at radius 2 is 1.62 bits per heavy atom. The fourth-order valence-electron chi connectivity index (χ4n) is 0. The topological polar surface area (TPSA) is 20.2 Å². The summed E-state index contributed by atoms with van der Waals surface area (Å²) in [6.45, 7) is 3.56. The second-order valence-corrected chi connectivity index (χ2v) is 4.38. The van der Waals surface area contributed by atoms with E-state index in [0.717, 1.165) is 0 Å². The summed E-state index contributed by atoms with van der Waals surface area (Å²) in [5, 5.41) is 7.81. The molecule has 5 heteroatoms. The van der Waals surface area contributed by atoms with Crippen molar-refractivity contribution in [1.82, 2.24) is 0 Å². The fourth-order valence-corrected chi connectivity index (χ4v) is 0. The summed E-state index contributed by atoms with van der Waals surface area (Å²) in [7, 11) is 9.87. The fraction of sp³-hybridized carbons (Fsp3) is 0.667. The van der Waals surface area contributed by atoms with E-state index in [1.54, 1.807) is 0 Å². The largest absolute Gasteiger partial charge is 0 e. The molecule has 8 heavy (non-hydrogen) atoms. The molecule has 0 aliphatic heterocycles. The van der Waals surface area contributed by atoms with Gasteiger partial charge in [0.1, 0.15) is 0 Å². The predicted octanol–water partition coefficient (Wildman–Crippen LogP) is 1.58. The number of aliphatic hydroxyl groups is 1. The van der Waals surface area contributed by atoms with E-state index < -0.39 is 20.8 Å². The molecule has 0 radical (unpaired) electrons. The molecule has 0 atom stereocenters.